The monoisotopic (exact) mass is 651 g/mol. The van der Waals surface area contributed by atoms with Gasteiger partial charge in [0.1, 0.15) is 17.3 Å². The van der Waals surface area contributed by atoms with Gasteiger partial charge in [-0.25, -0.2) is 9.79 Å². The van der Waals surface area contributed by atoms with Crippen LogP contribution in [0.2, 0.25) is 0 Å². The fourth-order valence-corrected chi connectivity index (χ4v) is 6.20. The fourth-order valence-electron chi connectivity index (χ4n) is 4.61. The number of allylic oxidation sites excluding steroid dienone is 1. The number of thiazole rings is 1. The van der Waals surface area contributed by atoms with Crippen LogP contribution in [0.5, 0.6) is 5.75 Å². The van der Waals surface area contributed by atoms with Crippen LogP contribution in [0.15, 0.2) is 84.5 Å². The number of esters is 1. The molecule has 0 amide bonds. The average Bonchev–Trinajstić information content (AvgIpc) is 3.52. The highest BCUT2D eigenvalue weighted by Gasteiger charge is 2.34. The molecule has 42 heavy (non-hydrogen) atoms. The van der Waals surface area contributed by atoms with Gasteiger partial charge >= 0.3 is 5.97 Å². The van der Waals surface area contributed by atoms with Gasteiger partial charge in [0.15, 0.2) is 4.80 Å². The van der Waals surface area contributed by atoms with Crippen molar-refractivity contribution >= 4 is 45.0 Å². The number of nitro benzene ring substituents is 1. The van der Waals surface area contributed by atoms with Crippen molar-refractivity contribution in [1.29, 1.82) is 0 Å². The molecule has 0 radical (unpaired) electrons. The zero-order valence-corrected chi connectivity index (χ0v) is 25.5. The second-order valence-corrected chi connectivity index (χ2v) is 11.5. The smallest absolute Gasteiger partial charge is 0.338 e. The van der Waals surface area contributed by atoms with Crippen LogP contribution in [0.4, 0.5) is 5.69 Å². The van der Waals surface area contributed by atoms with E-state index in [0.29, 0.717) is 54.5 Å². The molecule has 0 unspecified atom stereocenters. The lowest BCUT2D eigenvalue weighted by Gasteiger charge is -2.25. The van der Waals surface area contributed by atoms with E-state index >= 15 is 0 Å². The number of benzene rings is 2. The van der Waals surface area contributed by atoms with E-state index < -0.39 is 16.9 Å². The van der Waals surface area contributed by atoms with Gasteiger partial charge in [-0.2, -0.15) is 0 Å². The summed E-state index contributed by atoms with van der Waals surface area (Å²) < 4.78 is 19.5. The second kappa shape index (κ2) is 11.9. The summed E-state index contributed by atoms with van der Waals surface area (Å²) in [4.78, 5) is 42.8. The number of fused-ring (bicyclic) bond motifs is 1. The highest BCUT2D eigenvalue weighted by Crippen LogP contribution is 2.34. The number of non-ortho nitro benzene ring substituents is 1. The third-order valence-electron chi connectivity index (χ3n) is 6.42. The van der Waals surface area contributed by atoms with Gasteiger partial charge in [0, 0.05) is 28.2 Å². The molecule has 1 aliphatic rings. The minimum absolute atomic E-state index is 0.0486. The van der Waals surface area contributed by atoms with E-state index in [4.69, 9.17) is 13.9 Å². The quantitative estimate of drug-likeness (QED) is 0.140. The molecular weight excluding hydrogens is 626 g/mol. The molecule has 2 aromatic carbocycles. The lowest BCUT2D eigenvalue weighted by molar-refractivity contribution is -0.384. The van der Waals surface area contributed by atoms with E-state index in [9.17, 15) is 19.7 Å². The van der Waals surface area contributed by atoms with Crippen LogP contribution in [0.25, 0.3) is 17.4 Å². The first-order valence-electron chi connectivity index (χ1n) is 13.1. The molecule has 2 aromatic heterocycles. The Kier molecular flexibility index (Phi) is 8.28. The lowest BCUT2D eigenvalue weighted by Crippen LogP contribution is -2.40. The minimum atomic E-state index is -0.756. The molecule has 0 saturated heterocycles. The van der Waals surface area contributed by atoms with Gasteiger partial charge in [-0.15, -0.1) is 0 Å². The number of carbonyl (C=O) groups is 1. The third kappa shape index (κ3) is 5.72. The highest BCUT2D eigenvalue weighted by atomic mass is 79.9. The summed E-state index contributed by atoms with van der Waals surface area (Å²) in [6.45, 7) is 7.67. The Bertz CT molecular complexity index is 1900. The summed E-state index contributed by atoms with van der Waals surface area (Å²) in [5, 5.41) is 11.1. The van der Waals surface area contributed by atoms with Crippen molar-refractivity contribution in [2.45, 2.75) is 39.8 Å². The molecule has 4 aromatic rings. The maximum Gasteiger partial charge on any atom is 0.338 e. The van der Waals surface area contributed by atoms with E-state index in [1.54, 1.807) is 57.2 Å². The summed E-state index contributed by atoms with van der Waals surface area (Å²) in [5.41, 5.74) is 1.70. The van der Waals surface area contributed by atoms with Crippen molar-refractivity contribution in [1.82, 2.24) is 4.57 Å². The van der Waals surface area contributed by atoms with Crippen molar-refractivity contribution in [3.63, 3.8) is 0 Å². The summed E-state index contributed by atoms with van der Waals surface area (Å²) in [7, 11) is 0. The van der Waals surface area contributed by atoms with Crippen molar-refractivity contribution in [2.75, 3.05) is 6.61 Å². The number of aromatic nitrogens is 1. The zero-order chi connectivity index (χ0) is 30.1. The first-order valence-corrected chi connectivity index (χ1v) is 14.7. The Morgan fingerprint density at radius 3 is 2.60 bits per heavy atom. The van der Waals surface area contributed by atoms with Crippen LogP contribution in [0.1, 0.15) is 45.1 Å². The number of nitro groups is 1. The predicted molar refractivity (Wildman–Crippen MR) is 161 cm³/mol. The van der Waals surface area contributed by atoms with E-state index in [1.165, 1.54) is 28.0 Å². The predicted octanol–water partition coefficient (Wildman–Crippen LogP) is 5.52. The van der Waals surface area contributed by atoms with E-state index in [0.717, 1.165) is 0 Å². The normalized spacial score (nSPS) is 15.0. The molecule has 0 saturated carbocycles. The van der Waals surface area contributed by atoms with Crippen LogP contribution < -0.4 is 19.6 Å². The number of rotatable bonds is 8. The molecule has 0 bridgehead atoms. The summed E-state index contributed by atoms with van der Waals surface area (Å²) in [6.07, 6.45) is 1.26. The zero-order valence-electron chi connectivity index (χ0n) is 23.1. The number of nitrogens with zero attached hydrogens (tertiary/aromatic N) is 3. The van der Waals surface area contributed by atoms with Crippen LogP contribution >= 0.6 is 27.3 Å². The van der Waals surface area contributed by atoms with Crippen molar-refractivity contribution in [3.05, 3.63) is 111 Å². The molecule has 0 fully saturated rings. The van der Waals surface area contributed by atoms with Gasteiger partial charge in [0.05, 0.1) is 39.5 Å². The van der Waals surface area contributed by atoms with Gasteiger partial charge in [0.25, 0.3) is 11.2 Å². The molecule has 0 aliphatic carbocycles. The van der Waals surface area contributed by atoms with Gasteiger partial charge in [-0.1, -0.05) is 23.5 Å². The Morgan fingerprint density at radius 2 is 1.95 bits per heavy atom. The number of halogens is 1. The summed E-state index contributed by atoms with van der Waals surface area (Å²) >= 11 is 4.55. The molecule has 12 heteroatoms. The maximum absolute atomic E-state index is 13.9. The second-order valence-electron chi connectivity index (χ2n) is 9.66. The molecule has 5 rings (SSSR count). The number of hydrogen-bond acceptors (Lipinski definition) is 9. The molecule has 216 valence electrons. The Morgan fingerprint density at radius 1 is 1.21 bits per heavy atom. The average molecular weight is 653 g/mol. The van der Waals surface area contributed by atoms with Gasteiger partial charge < -0.3 is 13.9 Å². The van der Waals surface area contributed by atoms with Crippen molar-refractivity contribution < 1.29 is 23.6 Å². The largest absolute Gasteiger partial charge is 0.494 e. The molecule has 10 nitrogen and oxygen atoms in total. The molecular formula is C30H26BrN3O7S. The van der Waals surface area contributed by atoms with Crippen LogP contribution in [-0.4, -0.2) is 28.2 Å². The molecule has 1 aliphatic heterocycles. The van der Waals surface area contributed by atoms with E-state index in [1.807, 2.05) is 19.1 Å². The van der Waals surface area contributed by atoms with Crippen LogP contribution in [-0.2, 0) is 9.53 Å². The van der Waals surface area contributed by atoms with Gasteiger partial charge in [-0.3, -0.25) is 19.5 Å². The van der Waals surface area contributed by atoms with Crippen LogP contribution in [0, 0.1) is 10.1 Å². The fraction of sp³-hybridized carbons (Fsp3) is 0.233. The summed E-state index contributed by atoms with van der Waals surface area (Å²) in [5.74, 6) is 1.02. The van der Waals surface area contributed by atoms with Crippen LogP contribution in [0.3, 0.4) is 0 Å². The SMILES string of the molecule is CCOc1ccc([C@H]2C(C(=O)OC(C)C)=C(C)N=c3s/c(=C/c4ccc(-c5ccc([N+](=O)[O-])cc5Br)o4)c(=O)n32)cc1. The maximum atomic E-state index is 13.9. The van der Waals surface area contributed by atoms with E-state index in [2.05, 4.69) is 20.9 Å². The lowest BCUT2D eigenvalue weighted by atomic mass is 9.96. The molecule has 1 atom stereocenters. The number of hydrogen-bond donors (Lipinski definition) is 0. The topological polar surface area (TPSA) is 126 Å². The number of furan rings is 1. The van der Waals surface area contributed by atoms with Crippen molar-refractivity contribution in [2.24, 2.45) is 4.99 Å². The first kappa shape index (κ1) is 29.2. The van der Waals surface area contributed by atoms with E-state index in [-0.39, 0.29) is 22.9 Å². The Balaban J connectivity index is 1.59. The minimum Gasteiger partial charge on any atom is -0.494 e. The summed E-state index contributed by atoms with van der Waals surface area (Å²) in [6, 6.07) is 14.3. The van der Waals surface area contributed by atoms with Gasteiger partial charge in [-0.05, 0) is 79.5 Å². The molecule has 3 heterocycles. The Labute approximate surface area is 252 Å². The van der Waals surface area contributed by atoms with Gasteiger partial charge in [0.2, 0.25) is 0 Å². The van der Waals surface area contributed by atoms with Crippen molar-refractivity contribution in [3.8, 4) is 17.1 Å². The Hall–Kier alpha value is -4.29. The third-order valence-corrected chi connectivity index (χ3v) is 8.06. The standard InChI is InChI=1S/C30H26BrN3O7S/c1-5-39-20-9-6-18(7-10-20)27-26(29(36)40-16(2)3)17(4)32-30-33(27)28(35)25(42-30)15-21-11-13-24(41-21)22-12-8-19(34(37)38)14-23(22)31/h6-16,27H,5H2,1-4H3/b25-15+/t27-/m0/s1. The number of carbonyl (C=O) groups excluding carboxylic acids is 1. The highest BCUT2D eigenvalue weighted by molar-refractivity contribution is 9.10. The first-order chi connectivity index (χ1) is 20.1. The molecule has 0 spiro atoms. The number of ether oxygens (including phenoxy) is 2. The molecule has 0 N–H and O–H groups in total.